The van der Waals surface area contributed by atoms with E-state index in [0.717, 1.165) is 50.1 Å². The monoisotopic (exact) mass is 572 g/mol. The van der Waals surface area contributed by atoms with Crippen LogP contribution in [0.2, 0.25) is 0 Å². The number of aliphatic carboxylic acids is 1. The van der Waals surface area contributed by atoms with E-state index in [4.69, 9.17) is 9.59 Å². The van der Waals surface area contributed by atoms with Gasteiger partial charge >= 0.3 is 18.1 Å². The Kier molecular flexibility index (Phi) is 8.10. The van der Waals surface area contributed by atoms with Crippen LogP contribution in [0.1, 0.15) is 20.8 Å². The van der Waals surface area contributed by atoms with E-state index >= 15 is 0 Å². The Morgan fingerprint density at radius 2 is 1.42 bits per heavy atom. The standard InChI is InChI=1S/C24H16O4S5.CO2/c1-12-9-19(15-4-7-18(30-15)24(27)28)32-22(12)16-5-6-17(31-16)23-13(11-21(25)26)10-20(33-23)14-3-2-8-29-14;2-1-3/h2-10H,11H2,1H3,(H,25,26)(H,27,28);. The van der Waals surface area contributed by atoms with Crippen LogP contribution < -0.4 is 0 Å². The van der Waals surface area contributed by atoms with E-state index in [2.05, 4.69) is 31.2 Å². The molecule has 0 aromatic carbocycles. The summed E-state index contributed by atoms with van der Waals surface area (Å²) in [6, 6.07) is 15.8. The molecule has 5 aromatic heterocycles. The third-order valence-corrected chi connectivity index (χ3v) is 11.1. The van der Waals surface area contributed by atoms with Crippen molar-refractivity contribution < 1.29 is 29.4 Å². The van der Waals surface area contributed by atoms with E-state index in [0.29, 0.717) is 4.88 Å². The van der Waals surface area contributed by atoms with Gasteiger partial charge in [0.25, 0.3) is 0 Å². The molecule has 0 bridgehead atoms. The van der Waals surface area contributed by atoms with Crippen LogP contribution in [0.4, 0.5) is 0 Å². The minimum absolute atomic E-state index is 0.00307. The third-order valence-electron chi connectivity index (χ3n) is 4.95. The van der Waals surface area contributed by atoms with Gasteiger partial charge in [0.2, 0.25) is 0 Å². The van der Waals surface area contributed by atoms with Crippen molar-refractivity contribution in [1.82, 2.24) is 0 Å². The number of carboxylic acids is 2. The summed E-state index contributed by atoms with van der Waals surface area (Å²) in [6.07, 6.45) is 0.247. The van der Waals surface area contributed by atoms with Gasteiger partial charge < -0.3 is 10.2 Å². The number of carbonyl (C=O) groups excluding carboxylic acids is 2. The summed E-state index contributed by atoms with van der Waals surface area (Å²) < 4.78 is 0. The number of rotatable bonds is 7. The summed E-state index contributed by atoms with van der Waals surface area (Å²) in [5, 5.41) is 20.7. The van der Waals surface area contributed by atoms with Gasteiger partial charge in [-0.15, -0.1) is 56.7 Å². The predicted octanol–water partition coefficient (Wildman–Crippen LogP) is 7.71. The molecule has 0 saturated carbocycles. The van der Waals surface area contributed by atoms with Crippen LogP contribution in [0.5, 0.6) is 0 Å². The molecule has 0 aliphatic heterocycles. The second kappa shape index (κ2) is 11.3. The topological polar surface area (TPSA) is 109 Å². The molecule has 2 N–H and O–H groups in total. The highest BCUT2D eigenvalue weighted by molar-refractivity contribution is 7.29. The van der Waals surface area contributed by atoms with E-state index in [1.807, 2.05) is 23.6 Å². The molecule has 5 aromatic rings. The number of thiophene rings is 5. The highest BCUT2D eigenvalue weighted by atomic mass is 32.1. The molecule has 182 valence electrons. The summed E-state index contributed by atoms with van der Waals surface area (Å²) in [5.41, 5.74) is 1.98. The molecule has 0 spiro atoms. The van der Waals surface area contributed by atoms with E-state index in [1.54, 1.807) is 51.4 Å². The number of hydrogen-bond acceptors (Lipinski definition) is 9. The Morgan fingerprint density at radius 1 is 0.778 bits per heavy atom. The molecular formula is C25H16O6S5. The van der Waals surface area contributed by atoms with Crippen LogP contribution in [0.25, 0.3) is 39.0 Å². The molecule has 0 aliphatic carbocycles. The van der Waals surface area contributed by atoms with Gasteiger partial charge in [-0.05, 0) is 65.9 Å². The number of aryl methyl sites for hydroxylation is 1. The van der Waals surface area contributed by atoms with Crippen LogP contribution in [0, 0.1) is 6.92 Å². The first kappa shape index (κ1) is 25.9. The van der Waals surface area contributed by atoms with Crippen molar-refractivity contribution in [3.63, 3.8) is 0 Å². The highest BCUT2D eigenvalue weighted by Gasteiger charge is 2.19. The Labute approximate surface area is 225 Å². The molecule has 0 saturated heterocycles. The van der Waals surface area contributed by atoms with Crippen LogP contribution in [0.15, 0.2) is 53.9 Å². The highest BCUT2D eigenvalue weighted by Crippen LogP contribution is 2.47. The first-order valence-electron chi connectivity index (χ1n) is 10.2. The zero-order chi connectivity index (χ0) is 25.8. The lowest BCUT2D eigenvalue weighted by Gasteiger charge is -1.98. The van der Waals surface area contributed by atoms with Gasteiger partial charge in [0.15, 0.2) is 0 Å². The van der Waals surface area contributed by atoms with Gasteiger partial charge in [0, 0.05) is 39.0 Å². The molecule has 11 heteroatoms. The zero-order valence-corrected chi connectivity index (χ0v) is 22.6. The smallest absolute Gasteiger partial charge is 0.373 e. The Balaban J connectivity index is 0.000000967. The average molecular weight is 573 g/mol. The SMILES string of the molecule is Cc1cc(-c2ccc(C(=O)O)s2)sc1-c1ccc(-c2sc(-c3cccs3)cc2CC(=O)O)s1.O=C=O. The average Bonchev–Trinajstić information content (AvgIpc) is 3.63. The minimum Gasteiger partial charge on any atom is -0.481 e. The minimum atomic E-state index is -0.905. The zero-order valence-electron chi connectivity index (χ0n) is 18.5. The lowest BCUT2D eigenvalue weighted by atomic mass is 10.1. The Bertz CT molecular complexity index is 1560. The predicted molar refractivity (Wildman–Crippen MR) is 146 cm³/mol. The number of carbonyl (C=O) groups is 2. The fourth-order valence-electron chi connectivity index (χ4n) is 3.49. The maximum atomic E-state index is 11.5. The quantitative estimate of drug-likeness (QED) is 0.207. The van der Waals surface area contributed by atoms with Gasteiger partial charge in [-0.1, -0.05) is 6.07 Å². The summed E-state index contributed by atoms with van der Waals surface area (Å²) in [7, 11) is 0. The van der Waals surface area contributed by atoms with Crippen LogP contribution in [0.3, 0.4) is 0 Å². The number of aromatic carboxylic acids is 1. The maximum absolute atomic E-state index is 11.5. The largest absolute Gasteiger partial charge is 0.481 e. The first-order valence-corrected chi connectivity index (χ1v) is 14.4. The van der Waals surface area contributed by atoms with Crippen molar-refractivity contribution in [3.05, 3.63) is 69.9 Å². The fourth-order valence-corrected chi connectivity index (χ4v) is 8.92. The fraction of sp³-hybridized carbons (Fsp3) is 0.0800. The Morgan fingerprint density at radius 3 is 2.03 bits per heavy atom. The molecule has 0 unspecified atom stereocenters. The molecule has 0 fully saturated rings. The second-order valence-corrected chi connectivity index (χ2v) is 12.6. The van der Waals surface area contributed by atoms with Crippen LogP contribution in [-0.2, 0) is 20.8 Å². The Hall–Kier alpha value is -3.18. The molecular weight excluding hydrogens is 557 g/mol. The van der Waals surface area contributed by atoms with Crippen LogP contribution >= 0.6 is 56.7 Å². The molecule has 0 radical (unpaired) electrons. The van der Waals surface area contributed by atoms with Gasteiger partial charge in [-0.2, -0.15) is 9.59 Å². The molecule has 0 aliphatic rings. The molecule has 5 rings (SSSR count). The van der Waals surface area contributed by atoms with Crippen molar-refractivity contribution in [2.75, 3.05) is 0 Å². The summed E-state index contributed by atoms with van der Waals surface area (Å²) in [5.74, 6) is -1.74. The van der Waals surface area contributed by atoms with Crippen molar-refractivity contribution >= 4 is 74.8 Å². The van der Waals surface area contributed by atoms with Crippen molar-refractivity contribution in [1.29, 1.82) is 0 Å². The molecule has 0 atom stereocenters. The van der Waals surface area contributed by atoms with Gasteiger partial charge in [-0.25, -0.2) is 4.79 Å². The summed E-state index contributed by atoms with van der Waals surface area (Å²) in [6.45, 7) is 2.07. The lowest BCUT2D eigenvalue weighted by Crippen LogP contribution is -1.99. The molecule has 6 nitrogen and oxygen atoms in total. The molecule has 36 heavy (non-hydrogen) atoms. The van der Waals surface area contributed by atoms with Crippen LogP contribution in [-0.4, -0.2) is 28.3 Å². The summed E-state index contributed by atoms with van der Waals surface area (Å²) >= 11 is 7.90. The van der Waals surface area contributed by atoms with Crippen molar-refractivity contribution in [2.24, 2.45) is 0 Å². The lowest BCUT2D eigenvalue weighted by molar-refractivity contribution is -0.191. The van der Waals surface area contributed by atoms with Gasteiger partial charge in [0.05, 0.1) is 6.42 Å². The number of carboxylic acid groups (broad SMARTS) is 2. The molecule has 0 amide bonds. The van der Waals surface area contributed by atoms with Crippen molar-refractivity contribution in [3.8, 4) is 39.0 Å². The maximum Gasteiger partial charge on any atom is 0.373 e. The van der Waals surface area contributed by atoms with E-state index in [9.17, 15) is 19.8 Å². The van der Waals surface area contributed by atoms with E-state index < -0.39 is 11.9 Å². The van der Waals surface area contributed by atoms with E-state index in [1.165, 1.54) is 11.3 Å². The van der Waals surface area contributed by atoms with Gasteiger partial charge in [-0.3, -0.25) is 4.79 Å². The molecule has 5 heterocycles. The normalized spacial score (nSPS) is 10.5. The van der Waals surface area contributed by atoms with Crippen molar-refractivity contribution in [2.45, 2.75) is 13.3 Å². The summed E-state index contributed by atoms with van der Waals surface area (Å²) in [4.78, 5) is 47.9. The van der Waals surface area contributed by atoms with E-state index in [-0.39, 0.29) is 12.6 Å². The third kappa shape index (κ3) is 5.62. The van der Waals surface area contributed by atoms with Gasteiger partial charge in [0.1, 0.15) is 4.88 Å². The number of hydrogen-bond donors (Lipinski definition) is 2. The first-order chi connectivity index (χ1) is 17.3. The second-order valence-electron chi connectivity index (χ2n) is 7.35.